The fourth-order valence-electron chi connectivity index (χ4n) is 0.966. The predicted octanol–water partition coefficient (Wildman–Crippen LogP) is 1.61. The normalized spacial score (nSPS) is 9.62. The van der Waals surface area contributed by atoms with Crippen LogP contribution in [0.2, 0.25) is 0 Å². The Labute approximate surface area is 78.2 Å². The summed E-state index contributed by atoms with van der Waals surface area (Å²) in [5.74, 6) is -0.0888. The van der Waals surface area contributed by atoms with Gasteiger partial charge in [-0.15, -0.1) is 0 Å². The molecule has 3 nitrogen and oxygen atoms in total. The van der Waals surface area contributed by atoms with Crippen LogP contribution in [0, 0.1) is 0 Å². The number of amides is 1. The van der Waals surface area contributed by atoms with Crippen molar-refractivity contribution in [2.24, 2.45) is 0 Å². The lowest BCUT2D eigenvalue weighted by molar-refractivity contribution is 0.0948. The molecule has 0 unspecified atom stereocenters. The smallest absolute Gasteiger partial charge is 0.269 e. The number of hydrogen-bond acceptors (Lipinski definition) is 2. The van der Waals surface area contributed by atoms with Gasteiger partial charge in [-0.25, -0.2) is 0 Å². The lowest BCUT2D eigenvalue weighted by Crippen LogP contribution is -2.25. The third kappa shape index (κ3) is 3.23. The molecule has 0 aliphatic carbocycles. The topological polar surface area (TPSA) is 42.0 Å². The Morgan fingerprint density at radius 1 is 1.54 bits per heavy atom. The SMILES string of the molecule is CCCCNC(=O)c1ccccn1. The predicted molar refractivity (Wildman–Crippen MR) is 51.5 cm³/mol. The van der Waals surface area contributed by atoms with E-state index in [1.165, 1.54) is 0 Å². The molecule has 0 saturated carbocycles. The van der Waals surface area contributed by atoms with E-state index in [1.54, 1.807) is 18.3 Å². The number of pyridine rings is 1. The van der Waals surface area contributed by atoms with Crippen molar-refractivity contribution >= 4 is 5.91 Å². The second kappa shape index (κ2) is 5.30. The van der Waals surface area contributed by atoms with E-state index >= 15 is 0 Å². The van der Waals surface area contributed by atoms with Gasteiger partial charge in [0.15, 0.2) is 0 Å². The molecule has 0 saturated heterocycles. The Kier molecular flexibility index (Phi) is 3.96. The highest BCUT2D eigenvalue weighted by molar-refractivity contribution is 5.92. The Morgan fingerprint density at radius 2 is 2.38 bits per heavy atom. The zero-order chi connectivity index (χ0) is 9.52. The molecule has 3 heteroatoms. The molecule has 0 aliphatic heterocycles. The van der Waals surface area contributed by atoms with E-state index in [0.29, 0.717) is 5.69 Å². The molecule has 1 heterocycles. The minimum Gasteiger partial charge on any atom is -0.351 e. The van der Waals surface area contributed by atoms with E-state index in [1.807, 2.05) is 6.07 Å². The standard InChI is InChI=1S/C10H14N2O/c1-2-3-7-12-10(13)9-6-4-5-8-11-9/h4-6,8H,2-3,7H2,1H3,(H,12,13). The van der Waals surface area contributed by atoms with Crippen molar-refractivity contribution in [3.05, 3.63) is 30.1 Å². The zero-order valence-corrected chi connectivity index (χ0v) is 7.79. The number of unbranched alkanes of at least 4 members (excludes halogenated alkanes) is 1. The number of rotatable bonds is 4. The molecule has 70 valence electrons. The van der Waals surface area contributed by atoms with Gasteiger partial charge in [0.05, 0.1) is 0 Å². The molecular formula is C10H14N2O. The Bertz CT molecular complexity index is 259. The van der Waals surface area contributed by atoms with Gasteiger partial charge in [0.25, 0.3) is 5.91 Å². The van der Waals surface area contributed by atoms with Crippen LogP contribution in [0.25, 0.3) is 0 Å². The van der Waals surface area contributed by atoms with Crippen LogP contribution in [0.1, 0.15) is 30.3 Å². The summed E-state index contributed by atoms with van der Waals surface area (Å²) in [6, 6.07) is 5.31. The van der Waals surface area contributed by atoms with Crippen LogP contribution in [0.4, 0.5) is 0 Å². The van der Waals surface area contributed by atoms with Crippen molar-refractivity contribution in [2.75, 3.05) is 6.54 Å². The van der Waals surface area contributed by atoms with Crippen LogP contribution in [0.15, 0.2) is 24.4 Å². The van der Waals surface area contributed by atoms with E-state index in [9.17, 15) is 4.79 Å². The van der Waals surface area contributed by atoms with E-state index in [0.717, 1.165) is 19.4 Å². The monoisotopic (exact) mass is 178 g/mol. The lowest BCUT2D eigenvalue weighted by Gasteiger charge is -2.02. The van der Waals surface area contributed by atoms with Crippen LogP contribution < -0.4 is 5.32 Å². The van der Waals surface area contributed by atoms with Crippen LogP contribution in [-0.4, -0.2) is 17.4 Å². The second-order valence-electron chi connectivity index (χ2n) is 2.82. The molecule has 0 aliphatic rings. The van der Waals surface area contributed by atoms with Gasteiger partial charge < -0.3 is 5.32 Å². The highest BCUT2D eigenvalue weighted by Gasteiger charge is 2.03. The van der Waals surface area contributed by atoms with Crippen molar-refractivity contribution < 1.29 is 4.79 Å². The van der Waals surface area contributed by atoms with Gasteiger partial charge in [-0.3, -0.25) is 9.78 Å². The van der Waals surface area contributed by atoms with Crippen LogP contribution in [-0.2, 0) is 0 Å². The molecule has 0 aromatic carbocycles. The summed E-state index contributed by atoms with van der Waals surface area (Å²) in [4.78, 5) is 15.3. The Morgan fingerprint density at radius 3 is 3.00 bits per heavy atom. The highest BCUT2D eigenvalue weighted by Crippen LogP contribution is 1.93. The summed E-state index contributed by atoms with van der Waals surface area (Å²) in [5, 5.41) is 2.80. The van der Waals surface area contributed by atoms with Crippen molar-refractivity contribution in [2.45, 2.75) is 19.8 Å². The maximum absolute atomic E-state index is 11.3. The van der Waals surface area contributed by atoms with Crippen molar-refractivity contribution in [3.8, 4) is 0 Å². The van der Waals surface area contributed by atoms with Crippen molar-refractivity contribution in [1.82, 2.24) is 10.3 Å². The average Bonchev–Trinajstić information content (AvgIpc) is 2.19. The Hall–Kier alpha value is -1.38. The number of nitrogens with one attached hydrogen (secondary N) is 1. The number of carbonyl (C=O) groups is 1. The second-order valence-corrected chi connectivity index (χ2v) is 2.82. The molecule has 0 spiro atoms. The largest absolute Gasteiger partial charge is 0.351 e. The first-order chi connectivity index (χ1) is 6.34. The fourth-order valence-corrected chi connectivity index (χ4v) is 0.966. The minimum atomic E-state index is -0.0888. The summed E-state index contributed by atoms with van der Waals surface area (Å²) < 4.78 is 0. The minimum absolute atomic E-state index is 0.0888. The molecule has 13 heavy (non-hydrogen) atoms. The van der Waals surface area contributed by atoms with E-state index < -0.39 is 0 Å². The van der Waals surface area contributed by atoms with Crippen molar-refractivity contribution in [3.63, 3.8) is 0 Å². The molecule has 1 aromatic rings. The third-order valence-corrected chi connectivity index (χ3v) is 1.71. The fraction of sp³-hybridized carbons (Fsp3) is 0.400. The summed E-state index contributed by atoms with van der Waals surface area (Å²) in [5.41, 5.74) is 0.485. The lowest BCUT2D eigenvalue weighted by atomic mass is 10.3. The van der Waals surface area contributed by atoms with Crippen LogP contribution in [0.5, 0.6) is 0 Å². The summed E-state index contributed by atoms with van der Waals surface area (Å²) in [7, 11) is 0. The van der Waals surface area contributed by atoms with Gasteiger partial charge in [-0.1, -0.05) is 19.4 Å². The van der Waals surface area contributed by atoms with Crippen molar-refractivity contribution in [1.29, 1.82) is 0 Å². The molecule has 0 fully saturated rings. The first kappa shape index (κ1) is 9.71. The number of carbonyl (C=O) groups excluding carboxylic acids is 1. The summed E-state index contributed by atoms with van der Waals surface area (Å²) in [6.45, 7) is 2.82. The van der Waals surface area contributed by atoms with Crippen LogP contribution >= 0.6 is 0 Å². The third-order valence-electron chi connectivity index (χ3n) is 1.71. The maximum atomic E-state index is 11.3. The summed E-state index contributed by atoms with van der Waals surface area (Å²) in [6.07, 6.45) is 3.72. The molecule has 1 aromatic heterocycles. The quantitative estimate of drug-likeness (QED) is 0.712. The molecule has 1 amide bonds. The van der Waals surface area contributed by atoms with Gasteiger partial charge in [-0.2, -0.15) is 0 Å². The molecule has 1 N–H and O–H groups in total. The van der Waals surface area contributed by atoms with E-state index in [4.69, 9.17) is 0 Å². The number of hydrogen-bond donors (Lipinski definition) is 1. The maximum Gasteiger partial charge on any atom is 0.269 e. The molecule has 0 atom stereocenters. The molecular weight excluding hydrogens is 164 g/mol. The average molecular weight is 178 g/mol. The van der Waals surface area contributed by atoms with Gasteiger partial charge in [0.2, 0.25) is 0 Å². The number of aromatic nitrogens is 1. The van der Waals surface area contributed by atoms with E-state index in [2.05, 4.69) is 17.2 Å². The Balaban J connectivity index is 2.40. The van der Waals surface area contributed by atoms with Crippen LogP contribution in [0.3, 0.4) is 0 Å². The first-order valence-corrected chi connectivity index (χ1v) is 4.54. The molecule has 1 rings (SSSR count). The highest BCUT2D eigenvalue weighted by atomic mass is 16.1. The number of nitrogens with zero attached hydrogens (tertiary/aromatic N) is 1. The molecule has 0 radical (unpaired) electrons. The van der Waals surface area contributed by atoms with E-state index in [-0.39, 0.29) is 5.91 Å². The van der Waals surface area contributed by atoms with Gasteiger partial charge >= 0.3 is 0 Å². The first-order valence-electron chi connectivity index (χ1n) is 4.54. The zero-order valence-electron chi connectivity index (χ0n) is 7.79. The van der Waals surface area contributed by atoms with Gasteiger partial charge in [0, 0.05) is 12.7 Å². The van der Waals surface area contributed by atoms with Gasteiger partial charge in [-0.05, 0) is 18.6 Å². The van der Waals surface area contributed by atoms with Gasteiger partial charge in [0.1, 0.15) is 5.69 Å². The molecule has 0 bridgehead atoms. The summed E-state index contributed by atoms with van der Waals surface area (Å²) >= 11 is 0.